The van der Waals surface area contributed by atoms with Crippen LogP contribution in [0.1, 0.15) is 30.3 Å². The van der Waals surface area contributed by atoms with Crippen LogP contribution in [0.2, 0.25) is 0 Å². The molecule has 2 heterocycles. The van der Waals surface area contributed by atoms with Gasteiger partial charge in [-0.2, -0.15) is 4.98 Å². The molecule has 3 aromatic rings. The van der Waals surface area contributed by atoms with Gasteiger partial charge in [-0.05, 0) is 5.56 Å². The third kappa shape index (κ3) is 2.48. The van der Waals surface area contributed by atoms with Crippen LogP contribution in [0.25, 0.3) is 11.5 Å². The Morgan fingerprint density at radius 2 is 2.05 bits per heavy atom. The maximum absolute atomic E-state index is 6.26. The lowest BCUT2D eigenvalue weighted by molar-refractivity contribution is 0.343. The molecule has 0 spiro atoms. The first kappa shape index (κ1) is 13.0. The van der Waals surface area contributed by atoms with Crippen molar-refractivity contribution in [3.05, 3.63) is 52.7 Å². The molecule has 0 fully saturated rings. The van der Waals surface area contributed by atoms with E-state index in [1.54, 1.807) is 5.51 Å². The van der Waals surface area contributed by atoms with Gasteiger partial charge in [0.1, 0.15) is 5.69 Å². The predicted molar refractivity (Wildman–Crippen MR) is 77.2 cm³/mol. The van der Waals surface area contributed by atoms with Crippen molar-refractivity contribution in [2.45, 2.75) is 18.9 Å². The Kier molecular flexibility index (Phi) is 3.58. The van der Waals surface area contributed by atoms with Crippen LogP contribution in [0.5, 0.6) is 0 Å². The summed E-state index contributed by atoms with van der Waals surface area (Å²) in [6, 6.07) is 9.72. The van der Waals surface area contributed by atoms with Crippen molar-refractivity contribution >= 4 is 11.3 Å². The number of benzene rings is 1. The van der Waals surface area contributed by atoms with Gasteiger partial charge >= 0.3 is 0 Å². The quantitative estimate of drug-likeness (QED) is 0.797. The van der Waals surface area contributed by atoms with E-state index in [-0.39, 0.29) is 12.0 Å². The zero-order valence-corrected chi connectivity index (χ0v) is 11.7. The third-order valence-corrected chi connectivity index (χ3v) is 3.80. The summed E-state index contributed by atoms with van der Waals surface area (Å²) in [6.45, 7) is 1.98. The normalized spacial score (nSPS) is 14.1. The molecule has 0 radical (unpaired) electrons. The largest absolute Gasteiger partial charge is 0.339 e. The molecular weight excluding hydrogens is 272 g/mol. The smallest absolute Gasteiger partial charge is 0.231 e. The first-order valence-electron chi connectivity index (χ1n) is 6.28. The molecule has 3 rings (SSSR count). The van der Waals surface area contributed by atoms with E-state index in [0.29, 0.717) is 11.7 Å². The summed E-state index contributed by atoms with van der Waals surface area (Å²) in [5.41, 5.74) is 9.77. The maximum Gasteiger partial charge on any atom is 0.231 e. The van der Waals surface area contributed by atoms with Crippen LogP contribution in [-0.4, -0.2) is 15.1 Å². The van der Waals surface area contributed by atoms with E-state index in [2.05, 4.69) is 15.1 Å². The van der Waals surface area contributed by atoms with E-state index in [9.17, 15) is 0 Å². The van der Waals surface area contributed by atoms with Gasteiger partial charge in [0.05, 0.1) is 11.4 Å². The highest BCUT2D eigenvalue weighted by molar-refractivity contribution is 7.07. The Labute approximate surface area is 120 Å². The molecule has 2 aromatic heterocycles. The van der Waals surface area contributed by atoms with Crippen molar-refractivity contribution < 1.29 is 4.52 Å². The van der Waals surface area contributed by atoms with Crippen molar-refractivity contribution in [2.75, 3.05) is 0 Å². The number of nitrogens with two attached hydrogens (primary N) is 1. The lowest BCUT2D eigenvalue weighted by atomic mass is 9.95. The molecule has 0 saturated heterocycles. The van der Waals surface area contributed by atoms with Gasteiger partial charge < -0.3 is 10.3 Å². The first-order chi connectivity index (χ1) is 9.75. The summed E-state index contributed by atoms with van der Waals surface area (Å²) in [7, 11) is 0. The maximum atomic E-state index is 6.26. The molecule has 0 aliphatic carbocycles. The molecule has 2 N–H and O–H groups in total. The molecule has 2 unspecified atom stereocenters. The second-order valence-electron chi connectivity index (χ2n) is 4.56. The number of rotatable bonds is 4. The minimum atomic E-state index is -0.181. The summed E-state index contributed by atoms with van der Waals surface area (Å²) in [5, 5.41) is 5.84. The molecule has 0 aliphatic heterocycles. The van der Waals surface area contributed by atoms with Gasteiger partial charge in [0, 0.05) is 11.4 Å². The zero-order chi connectivity index (χ0) is 13.9. The Bertz CT molecular complexity index is 666. The molecule has 0 saturated carbocycles. The predicted octanol–water partition coefficient (Wildman–Crippen LogP) is 3.00. The van der Waals surface area contributed by atoms with E-state index in [0.717, 1.165) is 11.3 Å². The number of thiazole rings is 1. The van der Waals surface area contributed by atoms with Crippen molar-refractivity contribution in [2.24, 2.45) is 5.73 Å². The monoisotopic (exact) mass is 286 g/mol. The minimum absolute atomic E-state index is 0.0581. The highest BCUT2D eigenvalue weighted by Crippen LogP contribution is 2.28. The number of hydrogen-bond donors (Lipinski definition) is 1. The molecule has 1 aromatic carbocycles. The summed E-state index contributed by atoms with van der Waals surface area (Å²) in [6.07, 6.45) is 0. The van der Waals surface area contributed by atoms with Crippen LogP contribution in [0, 0.1) is 0 Å². The third-order valence-electron chi connectivity index (χ3n) is 3.22. The van der Waals surface area contributed by atoms with E-state index in [1.165, 1.54) is 11.3 Å². The van der Waals surface area contributed by atoms with Crippen molar-refractivity contribution in [1.82, 2.24) is 15.1 Å². The van der Waals surface area contributed by atoms with Crippen molar-refractivity contribution in [1.29, 1.82) is 0 Å². The van der Waals surface area contributed by atoms with E-state index in [4.69, 9.17) is 10.3 Å². The Balaban J connectivity index is 1.82. The van der Waals surface area contributed by atoms with Gasteiger partial charge in [-0.3, -0.25) is 0 Å². The number of hydrogen-bond acceptors (Lipinski definition) is 6. The number of nitrogens with zero attached hydrogens (tertiary/aromatic N) is 3. The highest BCUT2D eigenvalue weighted by atomic mass is 32.1. The molecule has 0 aliphatic rings. The van der Waals surface area contributed by atoms with Gasteiger partial charge in [0.2, 0.25) is 11.7 Å². The van der Waals surface area contributed by atoms with Gasteiger partial charge in [-0.1, -0.05) is 42.4 Å². The average molecular weight is 286 g/mol. The van der Waals surface area contributed by atoms with Gasteiger partial charge in [0.15, 0.2) is 0 Å². The van der Waals surface area contributed by atoms with Gasteiger partial charge in [-0.25, -0.2) is 4.98 Å². The van der Waals surface area contributed by atoms with Gasteiger partial charge in [-0.15, -0.1) is 11.3 Å². The van der Waals surface area contributed by atoms with Crippen LogP contribution < -0.4 is 5.73 Å². The lowest BCUT2D eigenvalue weighted by Gasteiger charge is -2.16. The fourth-order valence-corrected chi connectivity index (χ4v) is 2.50. The van der Waals surface area contributed by atoms with Crippen molar-refractivity contribution in [3.63, 3.8) is 0 Å². The minimum Gasteiger partial charge on any atom is -0.339 e. The summed E-state index contributed by atoms with van der Waals surface area (Å²) < 4.78 is 5.32. The van der Waals surface area contributed by atoms with E-state index >= 15 is 0 Å². The van der Waals surface area contributed by atoms with Crippen LogP contribution in [0.4, 0.5) is 0 Å². The SMILES string of the molecule is CC(c1nc(-c2cscn2)no1)C(N)c1ccccc1. The average Bonchev–Trinajstić information content (AvgIpc) is 3.17. The molecule has 6 heteroatoms. The first-order valence-corrected chi connectivity index (χ1v) is 7.22. The van der Waals surface area contributed by atoms with E-state index in [1.807, 2.05) is 42.6 Å². The standard InChI is InChI=1S/C14H14N4OS/c1-9(12(15)10-5-3-2-4-6-10)14-17-13(18-19-14)11-7-20-8-16-11/h2-9,12H,15H2,1H3. The molecule has 0 amide bonds. The lowest BCUT2D eigenvalue weighted by Crippen LogP contribution is -2.17. The topological polar surface area (TPSA) is 77.8 Å². The highest BCUT2D eigenvalue weighted by Gasteiger charge is 2.23. The summed E-state index contributed by atoms with van der Waals surface area (Å²) >= 11 is 1.50. The van der Waals surface area contributed by atoms with E-state index < -0.39 is 0 Å². The van der Waals surface area contributed by atoms with Crippen LogP contribution in [0.15, 0.2) is 45.7 Å². The second kappa shape index (κ2) is 5.52. The fraction of sp³-hybridized carbons (Fsp3) is 0.214. The summed E-state index contributed by atoms with van der Waals surface area (Å²) in [4.78, 5) is 8.55. The molecule has 0 bridgehead atoms. The molecular formula is C14H14N4OS. The Morgan fingerprint density at radius 3 is 2.75 bits per heavy atom. The van der Waals surface area contributed by atoms with Crippen LogP contribution in [-0.2, 0) is 0 Å². The number of aromatic nitrogens is 3. The molecule has 20 heavy (non-hydrogen) atoms. The zero-order valence-electron chi connectivity index (χ0n) is 10.9. The second-order valence-corrected chi connectivity index (χ2v) is 5.27. The molecule has 5 nitrogen and oxygen atoms in total. The fourth-order valence-electron chi connectivity index (χ4n) is 1.96. The van der Waals surface area contributed by atoms with Crippen LogP contribution in [0.3, 0.4) is 0 Å². The summed E-state index contributed by atoms with van der Waals surface area (Å²) in [5.74, 6) is 0.981. The van der Waals surface area contributed by atoms with Crippen LogP contribution >= 0.6 is 11.3 Å². The Hall–Kier alpha value is -2.05. The van der Waals surface area contributed by atoms with Crippen molar-refractivity contribution in [3.8, 4) is 11.5 Å². The molecule has 102 valence electrons. The Morgan fingerprint density at radius 1 is 1.25 bits per heavy atom. The van der Waals surface area contributed by atoms with Gasteiger partial charge in [0.25, 0.3) is 0 Å². The molecule has 2 atom stereocenters.